The van der Waals surface area contributed by atoms with E-state index in [-0.39, 0.29) is 55.6 Å². The third-order valence-corrected chi connectivity index (χ3v) is 11.5. The van der Waals surface area contributed by atoms with Crippen molar-refractivity contribution in [2.24, 2.45) is 5.41 Å². The number of hydrogen-bond donors (Lipinski definition) is 1. The Hall–Kier alpha value is -4.02. The molecule has 2 atom stereocenters. The summed E-state index contributed by atoms with van der Waals surface area (Å²) >= 11 is 0. The highest BCUT2D eigenvalue weighted by Gasteiger charge is 2.44. The molecule has 0 bridgehead atoms. The summed E-state index contributed by atoms with van der Waals surface area (Å²) in [5.41, 5.74) is 7.07. The largest absolute Gasteiger partial charge is 0.497 e. The number of aromatic nitrogens is 3. The van der Waals surface area contributed by atoms with Gasteiger partial charge in [0.05, 0.1) is 32.1 Å². The van der Waals surface area contributed by atoms with Crippen LogP contribution in [0.5, 0.6) is 5.75 Å². The molecule has 3 aliphatic rings. The van der Waals surface area contributed by atoms with Crippen LogP contribution in [-0.2, 0) is 24.4 Å². The molecular formula is C43H51F3N4O3. The van der Waals surface area contributed by atoms with E-state index < -0.39 is 12.1 Å². The monoisotopic (exact) mass is 728 g/mol. The van der Waals surface area contributed by atoms with Crippen molar-refractivity contribution in [3.8, 4) is 5.75 Å². The van der Waals surface area contributed by atoms with Crippen molar-refractivity contribution >= 4 is 5.95 Å². The molecular weight excluding hydrogens is 677 g/mol. The minimum atomic E-state index is -2.73. The molecule has 53 heavy (non-hydrogen) atoms. The summed E-state index contributed by atoms with van der Waals surface area (Å²) < 4.78 is 59.4. The van der Waals surface area contributed by atoms with E-state index in [0.29, 0.717) is 68.0 Å². The summed E-state index contributed by atoms with van der Waals surface area (Å²) in [6.45, 7) is 7.98. The predicted octanol–water partition coefficient (Wildman–Crippen LogP) is 9.65. The molecule has 2 fully saturated rings. The van der Waals surface area contributed by atoms with Crippen molar-refractivity contribution < 1.29 is 27.8 Å². The zero-order valence-electron chi connectivity index (χ0n) is 31.3. The van der Waals surface area contributed by atoms with Gasteiger partial charge in [-0.1, -0.05) is 55.8 Å². The molecule has 7 nitrogen and oxygen atoms in total. The maximum atomic E-state index is 17.7. The smallest absolute Gasteiger partial charge is 0.248 e. The van der Waals surface area contributed by atoms with Gasteiger partial charge in [-0.3, -0.25) is 4.98 Å². The molecule has 7 rings (SSSR count). The molecule has 10 heteroatoms. The number of alkyl halides is 3. The highest BCUT2D eigenvalue weighted by atomic mass is 19.3. The Morgan fingerprint density at radius 2 is 1.55 bits per heavy atom. The molecule has 2 aromatic carbocycles. The van der Waals surface area contributed by atoms with Crippen molar-refractivity contribution in [1.82, 2.24) is 15.0 Å². The quantitative estimate of drug-likeness (QED) is 0.174. The van der Waals surface area contributed by atoms with Gasteiger partial charge in [-0.25, -0.2) is 23.1 Å². The number of methoxy groups -OCH3 is 1. The molecule has 4 aromatic rings. The Kier molecular flexibility index (Phi) is 10.8. The van der Waals surface area contributed by atoms with Crippen molar-refractivity contribution in [3.05, 3.63) is 111 Å². The summed E-state index contributed by atoms with van der Waals surface area (Å²) in [4.78, 5) is 16.5. The standard InChI is InChI=1S/C43H51F3N4O3/c1-27-5-9-31(10-6-27)39(44)38-36(30-13-17-43(45,46)18-14-30)37-34(21-42(2,3)22-35(37)53-26-28-7-11-33(52-4)12-8-28)49-40(38)32-15-19-50(20-16-32)41-47-23-29(25-51)24-48-41/h5-12,23-24,30,32,35,39,51H,13-22,25-26H2,1-4H3. The normalized spacial score (nSPS) is 20.9. The lowest BCUT2D eigenvalue weighted by molar-refractivity contribution is -0.0390. The van der Waals surface area contributed by atoms with Crippen LogP contribution in [0.25, 0.3) is 0 Å². The SMILES string of the molecule is COc1ccc(COC2CC(C)(C)Cc3nc(C4CCN(c5ncc(CO)cn5)CC4)c(C(F)c4ccc(C)cc4)c(C4CCC(F)(F)CC4)c32)cc1. The Morgan fingerprint density at radius 3 is 2.17 bits per heavy atom. The van der Waals surface area contributed by atoms with Gasteiger partial charge in [0.2, 0.25) is 11.9 Å². The number of halogens is 3. The first-order chi connectivity index (χ1) is 25.4. The predicted molar refractivity (Wildman–Crippen MR) is 199 cm³/mol. The zero-order valence-corrected chi connectivity index (χ0v) is 31.3. The number of piperidine rings is 1. The molecule has 1 aliphatic heterocycles. The first kappa shape index (κ1) is 37.3. The van der Waals surface area contributed by atoms with Gasteiger partial charge in [-0.15, -0.1) is 0 Å². The molecule has 1 saturated carbocycles. The summed E-state index contributed by atoms with van der Waals surface area (Å²) in [5.74, 6) is -1.65. The highest BCUT2D eigenvalue weighted by Crippen LogP contribution is 2.53. The van der Waals surface area contributed by atoms with Crippen LogP contribution in [0.4, 0.5) is 19.1 Å². The average Bonchev–Trinajstić information content (AvgIpc) is 3.16. The molecule has 282 valence electrons. The molecule has 1 saturated heterocycles. The van der Waals surface area contributed by atoms with E-state index in [0.717, 1.165) is 39.4 Å². The molecule has 1 N–H and O–H groups in total. The Morgan fingerprint density at radius 1 is 0.887 bits per heavy atom. The lowest BCUT2D eigenvalue weighted by Crippen LogP contribution is -2.36. The number of fused-ring (bicyclic) bond motifs is 1. The lowest BCUT2D eigenvalue weighted by atomic mass is 9.68. The Labute approximate surface area is 311 Å². The maximum absolute atomic E-state index is 17.7. The van der Waals surface area contributed by atoms with Crippen molar-refractivity contribution in [2.75, 3.05) is 25.1 Å². The Balaban J connectivity index is 1.34. The third-order valence-electron chi connectivity index (χ3n) is 11.5. The van der Waals surface area contributed by atoms with E-state index in [2.05, 4.69) is 28.7 Å². The number of hydrogen-bond acceptors (Lipinski definition) is 7. The summed E-state index contributed by atoms with van der Waals surface area (Å²) in [5, 5.41) is 9.46. The number of rotatable bonds is 10. The van der Waals surface area contributed by atoms with E-state index in [4.69, 9.17) is 14.5 Å². The van der Waals surface area contributed by atoms with Crippen LogP contribution < -0.4 is 9.64 Å². The van der Waals surface area contributed by atoms with Crippen LogP contribution in [-0.4, -0.2) is 46.2 Å². The number of aliphatic hydroxyl groups excluding tert-OH is 1. The van der Waals surface area contributed by atoms with Crippen LogP contribution in [0.3, 0.4) is 0 Å². The van der Waals surface area contributed by atoms with Crippen molar-refractivity contribution in [1.29, 1.82) is 0 Å². The molecule has 0 amide bonds. The second-order valence-electron chi connectivity index (χ2n) is 16.1. The average molecular weight is 729 g/mol. The van der Waals surface area contributed by atoms with E-state index in [1.54, 1.807) is 19.5 Å². The van der Waals surface area contributed by atoms with Crippen LogP contribution in [0.2, 0.25) is 0 Å². The topological polar surface area (TPSA) is 80.6 Å². The number of nitrogens with zero attached hydrogens (tertiary/aromatic N) is 4. The third kappa shape index (κ3) is 8.24. The number of benzene rings is 2. The van der Waals surface area contributed by atoms with Crippen LogP contribution in [0.15, 0.2) is 60.9 Å². The van der Waals surface area contributed by atoms with Gasteiger partial charge in [0.15, 0.2) is 6.17 Å². The summed E-state index contributed by atoms with van der Waals surface area (Å²) in [6.07, 6.45) is 4.38. The lowest BCUT2D eigenvalue weighted by Gasteiger charge is -2.42. The number of aliphatic hydroxyl groups is 1. The summed E-state index contributed by atoms with van der Waals surface area (Å²) in [7, 11) is 1.64. The number of anilines is 1. The van der Waals surface area contributed by atoms with Crippen LogP contribution >= 0.6 is 0 Å². The van der Waals surface area contributed by atoms with Gasteiger partial charge >= 0.3 is 0 Å². The fraction of sp³-hybridized carbons (Fsp3) is 0.512. The van der Waals surface area contributed by atoms with Crippen LogP contribution in [0, 0.1) is 12.3 Å². The highest BCUT2D eigenvalue weighted by molar-refractivity contribution is 5.51. The first-order valence-electron chi connectivity index (χ1n) is 19.0. The van der Waals surface area contributed by atoms with E-state index in [1.165, 1.54) is 0 Å². The second kappa shape index (κ2) is 15.4. The number of pyridine rings is 1. The van der Waals surface area contributed by atoms with Gasteiger partial charge in [-0.2, -0.15) is 0 Å². The van der Waals surface area contributed by atoms with Gasteiger partial charge in [0, 0.05) is 66.6 Å². The maximum Gasteiger partial charge on any atom is 0.248 e. The number of aryl methyl sites for hydroxylation is 1. The van der Waals surface area contributed by atoms with Gasteiger partial charge in [-0.05, 0) is 85.6 Å². The van der Waals surface area contributed by atoms with Crippen LogP contribution in [0.1, 0.15) is 133 Å². The molecule has 3 heterocycles. The minimum absolute atomic E-state index is 0.0422. The first-order valence-corrected chi connectivity index (χ1v) is 19.0. The summed E-state index contributed by atoms with van der Waals surface area (Å²) in [6, 6.07) is 15.3. The van der Waals surface area contributed by atoms with E-state index in [1.807, 2.05) is 55.5 Å². The fourth-order valence-corrected chi connectivity index (χ4v) is 8.58. The molecule has 0 radical (unpaired) electrons. The van der Waals surface area contributed by atoms with E-state index in [9.17, 15) is 13.9 Å². The van der Waals surface area contributed by atoms with Crippen molar-refractivity contribution in [3.63, 3.8) is 0 Å². The van der Waals surface area contributed by atoms with Crippen molar-refractivity contribution in [2.45, 2.75) is 115 Å². The molecule has 2 aromatic heterocycles. The second-order valence-corrected chi connectivity index (χ2v) is 16.1. The Bertz CT molecular complexity index is 1850. The molecule has 2 unspecified atom stereocenters. The number of ether oxygens (including phenoxy) is 2. The minimum Gasteiger partial charge on any atom is -0.497 e. The fourth-order valence-electron chi connectivity index (χ4n) is 8.58. The van der Waals surface area contributed by atoms with Gasteiger partial charge in [0.25, 0.3) is 0 Å². The molecule has 2 aliphatic carbocycles. The van der Waals surface area contributed by atoms with E-state index >= 15 is 4.39 Å². The zero-order chi connectivity index (χ0) is 37.3. The molecule has 0 spiro atoms. The van der Waals surface area contributed by atoms with Gasteiger partial charge < -0.3 is 19.5 Å². The van der Waals surface area contributed by atoms with Gasteiger partial charge in [0.1, 0.15) is 5.75 Å².